The van der Waals surface area contributed by atoms with Gasteiger partial charge < -0.3 is 9.80 Å². The van der Waals surface area contributed by atoms with Crippen molar-refractivity contribution in [2.45, 2.75) is 52.0 Å². The van der Waals surface area contributed by atoms with E-state index in [4.69, 9.17) is 4.98 Å². The van der Waals surface area contributed by atoms with Gasteiger partial charge in [-0.1, -0.05) is 50.1 Å². The van der Waals surface area contributed by atoms with Gasteiger partial charge in [-0.2, -0.15) is 0 Å². The number of hydrogen-bond acceptors (Lipinski definition) is 4. The molecule has 0 bridgehead atoms. The molecule has 1 saturated carbocycles. The molecule has 0 radical (unpaired) electrons. The Morgan fingerprint density at radius 1 is 0.909 bits per heavy atom. The second-order valence-electron chi connectivity index (χ2n) is 9.49. The first kappa shape index (κ1) is 23.0. The van der Waals surface area contributed by atoms with Crippen LogP contribution in [0, 0.1) is 12.8 Å². The number of aryl methyl sites for hydroxylation is 1. The molecule has 0 N–H and O–H groups in total. The Bertz CT molecular complexity index is 1060. The fourth-order valence-corrected chi connectivity index (χ4v) is 4.80. The van der Waals surface area contributed by atoms with Crippen LogP contribution < -0.4 is 9.80 Å². The molecule has 4 heteroatoms. The van der Waals surface area contributed by atoms with E-state index >= 15 is 0 Å². The summed E-state index contributed by atoms with van der Waals surface area (Å²) in [6.07, 6.45) is 10.2. The van der Waals surface area contributed by atoms with Crippen LogP contribution in [0.1, 0.15) is 56.2 Å². The van der Waals surface area contributed by atoms with E-state index < -0.39 is 0 Å². The molecule has 0 aliphatic heterocycles. The normalized spacial score (nSPS) is 15.2. The topological polar surface area (TPSA) is 32.3 Å². The van der Waals surface area contributed by atoms with Crippen molar-refractivity contribution >= 4 is 11.6 Å². The zero-order chi connectivity index (χ0) is 23.4. The Morgan fingerprint density at radius 3 is 2.21 bits per heavy atom. The first-order valence-corrected chi connectivity index (χ1v) is 12.1. The van der Waals surface area contributed by atoms with Crippen molar-refractivity contribution in [1.82, 2.24) is 9.97 Å². The molecule has 4 rings (SSSR count). The highest BCUT2D eigenvalue weighted by molar-refractivity contribution is 5.64. The van der Waals surface area contributed by atoms with Gasteiger partial charge in [-0.15, -0.1) is 0 Å². The van der Waals surface area contributed by atoms with Gasteiger partial charge in [0, 0.05) is 37.7 Å². The maximum Gasteiger partial charge on any atom is 0.133 e. The highest BCUT2D eigenvalue weighted by Gasteiger charge is 2.27. The molecule has 0 spiro atoms. The largest absolute Gasteiger partial charge is 0.363 e. The lowest BCUT2D eigenvalue weighted by molar-refractivity contribution is 0.391. The lowest BCUT2D eigenvalue weighted by Gasteiger charge is -2.37. The van der Waals surface area contributed by atoms with Crippen LogP contribution in [0.2, 0.25) is 0 Å². The summed E-state index contributed by atoms with van der Waals surface area (Å²) in [4.78, 5) is 13.7. The van der Waals surface area contributed by atoms with Crippen molar-refractivity contribution in [2.75, 3.05) is 23.9 Å². The average Bonchev–Trinajstić information content (AvgIpc) is 2.85. The summed E-state index contributed by atoms with van der Waals surface area (Å²) < 4.78 is 0. The first-order chi connectivity index (χ1) is 15.9. The minimum absolute atomic E-state index is 0.150. The summed E-state index contributed by atoms with van der Waals surface area (Å²) in [5, 5.41) is 0. The number of aromatic nitrogens is 2. The van der Waals surface area contributed by atoms with E-state index in [1.807, 2.05) is 31.4 Å². The van der Waals surface area contributed by atoms with Crippen LogP contribution in [0.5, 0.6) is 0 Å². The van der Waals surface area contributed by atoms with E-state index in [1.54, 1.807) is 0 Å². The summed E-state index contributed by atoms with van der Waals surface area (Å²) in [6.45, 7) is 8.98. The van der Waals surface area contributed by atoms with Gasteiger partial charge in [-0.05, 0) is 73.6 Å². The van der Waals surface area contributed by atoms with Crippen molar-refractivity contribution in [3.05, 3.63) is 84.3 Å². The SMILES string of the molecule is C=C(C1CCCCC1)N(c1cc(C)ccn1)C(C)c1ccc(-c2ccc(N(C)C)nc2)cc1. The van der Waals surface area contributed by atoms with Crippen molar-refractivity contribution < 1.29 is 0 Å². The van der Waals surface area contributed by atoms with Crippen molar-refractivity contribution in [1.29, 1.82) is 0 Å². The Balaban J connectivity index is 1.61. The fourth-order valence-electron chi connectivity index (χ4n) is 4.80. The molecule has 3 aromatic rings. The van der Waals surface area contributed by atoms with Crippen LogP contribution in [-0.4, -0.2) is 24.1 Å². The number of pyridine rings is 2. The third-order valence-corrected chi connectivity index (χ3v) is 6.85. The molecule has 1 unspecified atom stereocenters. The second-order valence-corrected chi connectivity index (χ2v) is 9.49. The molecule has 2 heterocycles. The molecule has 172 valence electrons. The van der Waals surface area contributed by atoms with E-state index in [2.05, 4.69) is 78.8 Å². The molecule has 33 heavy (non-hydrogen) atoms. The number of rotatable bonds is 7. The number of benzene rings is 1. The molecule has 1 aliphatic rings. The van der Waals surface area contributed by atoms with E-state index in [-0.39, 0.29) is 6.04 Å². The molecule has 1 atom stereocenters. The lowest BCUT2D eigenvalue weighted by atomic mass is 9.86. The molecule has 2 aromatic heterocycles. The summed E-state index contributed by atoms with van der Waals surface area (Å²) in [5.41, 5.74) is 5.99. The molecule has 1 aromatic carbocycles. The second kappa shape index (κ2) is 10.2. The van der Waals surface area contributed by atoms with Crippen LogP contribution in [-0.2, 0) is 0 Å². The average molecular weight is 441 g/mol. The summed E-state index contributed by atoms with van der Waals surface area (Å²) in [5.74, 6) is 2.49. The predicted octanol–water partition coefficient (Wildman–Crippen LogP) is 7.18. The fraction of sp³-hybridized carbons (Fsp3) is 0.379. The Morgan fingerprint density at radius 2 is 1.61 bits per heavy atom. The van der Waals surface area contributed by atoms with Gasteiger partial charge in [0.15, 0.2) is 0 Å². The number of nitrogens with zero attached hydrogens (tertiary/aromatic N) is 4. The zero-order valence-electron chi connectivity index (χ0n) is 20.5. The van der Waals surface area contributed by atoms with Crippen LogP contribution in [0.25, 0.3) is 11.1 Å². The third-order valence-electron chi connectivity index (χ3n) is 6.85. The van der Waals surface area contributed by atoms with E-state index in [9.17, 15) is 0 Å². The van der Waals surface area contributed by atoms with Gasteiger partial charge in [0.25, 0.3) is 0 Å². The quantitative estimate of drug-likeness (QED) is 0.389. The molecular weight excluding hydrogens is 404 g/mol. The molecule has 0 saturated heterocycles. The number of allylic oxidation sites excluding steroid dienone is 1. The van der Waals surface area contributed by atoms with Gasteiger partial charge in [-0.25, -0.2) is 9.97 Å². The lowest BCUT2D eigenvalue weighted by Crippen LogP contribution is -2.31. The first-order valence-electron chi connectivity index (χ1n) is 12.1. The minimum Gasteiger partial charge on any atom is -0.363 e. The zero-order valence-corrected chi connectivity index (χ0v) is 20.5. The van der Waals surface area contributed by atoms with E-state index in [1.165, 1.54) is 54.5 Å². The van der Waals surface area contributed by atoms with Gasteiger partial charge in [0.1, 0.15) is 11.6 Å². The maximum atomic E-state index is 4.74. The molecule has 0 amide bonds. The summed E-state index contributed by atoms with van der Waals surface area (Å²) >= 11 is 0. The summed E-state index contributed by atoms with van der Waals surface area (Å²) in [7, 11) is 4.02. The van der Waals surface area contributed by atoms with Gasteiger partial charge in [0.05, 0.1) is 6.04 Å². The van der Waals surface area contributed by atoms with Crippen molar-refractivity contribution in [3.63, 3.8) is 0 Å². The number of anilines is 2. The van der Waals surface area contributed by atoms with Crippen molar-refractivity contribution in [2.24, 2.45) is 5.92 Å². The number of hydrogen-bond donors (Lipinski definition) is 0. The molecular formula is C29H36N4. The van der Waals surface area contributed by atoms with E-state index in [0.29, 0.717) is 5.92 Å². The Hall–Kier alpha value is -3.14. The van der Waals surface area contributed by atoms with Crippen LogP contribution in [0.15, 0.2) is 73.2 Å². The molecule has 1 fully saturated rings. The van der Waals surface area contributed by atoms with E-state index in [0.717, 1.165) is 17.2 Å². The van der Waals surface area contributed by atoms with Gasteiger partial charge in [0.2, 0.25) is 0 Å². The highest BCUT2D eigenvalue weighted by Crippen LogP contribution is 2.38. The van der Waals surface area contributed by atoms with Crippen LogP contribution in [0.4, 0.5) is 11.6 Å². The molecule has 1 aliphatic carbocycles. The smallest absolute Gasteiger partial charge is 0.133 e. The van der Waals surface area contributed by atoms with Crippen LogP contribution in [0.3, 0.4) is 0 Å². The maximum absolute atomic E-state index is 4.74. The Kier molecular flexibility index (Phi) is 7.12. The van der Waals surface area contributed by atoms with Crippen LogP contribution >= 0.6 is 0 Å². The molecule has 4 nitrogen and oxygen atoms in total. The summed E-state index contributed by atoms with van der Waals surface area (Å²) in [6, 6.07) is 17.4. The third kappa shape index (κ3) is 5.27. The van der Waals surface area contributed by atoms with Gasteiger partial charge >= 0.3 is 0 Å². The highest BCUT2D eigenvalue weighted by atomic mass is 15.2. The standard InChI is InChI=1S/C29H36N4/c1-21-17-18-30-29(19-21)33(22(2)24-9-7-6-8-10-24)23(3)25-11-13-26(14-12-25)27-15-16-28(31-20-27)32(4)5/h11-20,23-24H,2,6-10H2,1,3-5H3. The monoisotopic (exact) mass is 440 g/mol. The van der Waals surface area contributed by atoms with Gasteiger partial charge in [-0.3, -0.25) is 0 Å². The van der Waals surface area contributed by atoms with Crippen molar-refractivity contribution in [3.8, 4) is 11.1 Å². The predicted molar refractivity (Wildman–Crippen MR) is 140 cm³/mol. The minimum atomic E-state index is 0.150. The Labute approximate surface area is 199 Å².